The third-order valence-corrected chi connectivity index (χ3v) is 4.77. The minimum atomic E-state index is -2.78. The number of halogens is 3. The Balaban J connectivity index is 1.58. The molecule has 2 nitrogen and oxygen atoms in total. The molecule has 0 N–H and O–H groups in total. The summed E-state index contributed by atoms with van der Waals surface area (Å²) in [4.78, 5) is 2.41. The van der Waals surface area contributed by atoms with Gasteiger partial charge in [-0.15, -0.1) is 0 Å². The first kappa shape index (κ1) is 13.3. The fourth-order valence-electron chi connectivity index (χ4n) is 3.10. The molecule has 0 aromatic heterocycles. The van der Waals surface area contributed by atoms with E-state index in [0.29, 0.717) is 9.89 Å². The normalized spacial score (nSPS) is 21.3. The molecule has 0 amide bonds. The van der Waals surface area contributed by atoms with Gasteiger partial charge in [-0.1, -0.05) is 12.5 Å². The third-order valence-electron chi connectivity index (χ3n) is 4.15. The van der Waals surface area contributed by atoms with Crippen molar-refractivity contribution in [3.8, 4) is 5.75 Å². The molecule has 0 bridgehead atoms. The van der Waals surface area contributed by atoms with Gasteiger partial charge in [0, 0.05) is 19.6 Å². The zero-order valence-electron chi connectivity index (χ0n) is 10.5. The van der Waals surface area contributed by atoms with E-state index in [1.165, 1.54) is 32.4 Å². The third kappa shape index (κ3) is 2.77. The summed E-state index contributed by atoms with van der Waals surface area (Å²) in [5, 5.41) is 0. The van der Waals surface area contributed by atoms with Crippen LogP contribution in [0.25, 0.3) is 0 Å². The maximum absolute atomic E-state index is 12.2. The van der Waals surface area contributed by atoms with Gasteiger partial charge in [0.25, 0.3) is 0 Å². The van der Waals surface area contributed by atoms with E-state index in [1.54, 1.807) is 6.07 Å². The molecule has 1 spiro atoms. The molecule has 1 aliphatic carbocycles. The predicted molar refractivity (Wildman–Crippen MR) is 72.3 cm³/mol. The van der Waals surface area contributed by atoms with E-state index in [4.69, 9.17) is 0 Å². The van der Waals surface area contributed by atoms with Gasteiger partial charge in [0.05, 0.1) is 4.47 Å². The molecule has 104 valence electrons. The van der Waals surface area contributed by atoms with Crippen LogP contribution >= 0.6 is 15.9 Å². The summed E-state index contributed by atoms with van der Waals surface area (Å²) in [7, 11) is 0. The van der Waals surface area contributed by atoms with Gasteiger partial charge in [-0.05, 0) is 51.9 Å². The number of alkyl halides is 2. The van der Waals surface area contributed by atoms with Gasteiger partial charge in [0.15, 0.2) is 0 Å². The van der Waals surface area contributed by atoms with Gasteiger partial charge in [-0.25, -0.2) is 0 Å². The van der Waals surface area contributed by atoms with E-state index in [-0.39, 0.29) is 5.75 Å². The van der Waals surface area contributed by atoms with Crippen LogP contribution < -0.4 is 4.74 Å². The van der Waals surface area contributed by atoms with Crippen molar-refractivity contribution >= 4 is 15.9 Å². The van der Waals surface area contributed by atoms with Crippen molar-refractivity contribution in [1.82, 2.24) is 4.90 Å². The van der Waals surface area contributed by atoms with Crippen LogP contribution in [-0.2, 0) is 6.54 Å². The van der Waals surface area contributed by atoms with Crippen LogP contribution in [0.3, 0.4) is 0 Å². The van der Waals surface area contributed by atoms with E-state index in [1.807, 2.05) is 12.1 Å². The van der Waals surface area contributed by atoms with Crippen LogP contribution in [0.1, 0.15) is 24.8 Å². The molecular weight excluding hydrogens is 316 g/mol. The van der Waals surface area contributed by atoms with Crippen molar-refractivity contribution in [2.24, 2.45) is 5.41 Å². The standard InChI is InChI=1S/C14H16BrF2NO/c15-11-6-10(2-3-12(11)19-13(16)17)7-18-8-14(9-18)4-1-5-14/h2-3,6,13H,1,4-5,7-9H2. The highest BCUT2D eigenvalue weighted by Gasteiger charge is 2.46. The molecule has 2 aliphatic rings. The molecule has 0 atom stereocenters. The van der Waals surface area contributed by atoms with E-state index >= 15 is 0 Å². The Labute approximate surface area is 119 Å². The van der Waals surface area contributed by atoms with Gasteiger partial charge in [0.1, 0.15) is 5.75 Å². The summed E-state index contributed by atoms with van der Waals surface area (Å²) in [6.45, 7) is 0.464. The fourth-order valence-corrected chi connectivity index (χ4v) is 3.62. The van der Waals surface area contributed by atoms with Crippen LogP contribution in [0, 0.1) is 5.41 Å². The maximum atomic E-state index is 12.2. The highest BCUT2D eigenvalue weighted by molar-refractivity contribution is 9.10. The number of ether oxygens (including phenoxy) is 1. The van der Waals surface area contributed by atoms with E-state index in [9.17, 15) is 8.78 Å². The molecule has 5 heteroatoms. The number of hydrogen-bond donors (Lipinski definition) is 0. The fraction of sp³-hybridized carbons (Fsp3) is 0.571. The Morgan fingerprint density at radius 2 is 2.05 bits per heavy atom. The molecule has 1 saturated carbocycles. The van der Waals surface area contributed by atoms with Crippen molar-refractivity contribution in [2.75, 3.05) is 13.1 Å². The number of likely N-dealkylation sites (tertiary alicyclic amines) is 1. The highest BCUT2D eigenvalue weighted by atomic mass is 79.9. The number of hydrogen-bond acceptors (Lipinski definition) is 2. The van der Waals surface area contributed by atoms with Crippen molar-refractivity contribution in [3.63, 3.8) is 0 Å². The minimum absolute atomic E-state index is 0.192. The summed E-state index contributed by atoms with van der Waals surface area (Å²) < 4.78 is 29.3. The molecular formula is C14H16BrF2NO. The van der Waals surface area contributed by atoms with Crippen molar-refractivity contribution < 1.29 is 13.5 Å². The average Bonchev–Trinajstić information content (AvgIpc) is 2.23. The average molecular weight is 332 g/mol. The Kier molecular flexibility index (Phi) is 3.52. The Morgan fingerprint density at radius 3 is 2.58 bits per heavy atom. The van der Waals surface area contributed by atoms with E-state index in [0.717, 1.165) is 12.1 Å². The summed E-state index contributed by atoms with van der Waals surface area (Å²) in [6, 6.07) is 5.32. The monoisotopic (exact) mass is 331 g/mol. The SMILES string of the molecule is FC(F)Oc1ccc(CN2CC3(CCC3)C2)cc1Br. The molecule has 3 rings (SSSR count). The lowest BCUT2D eigenvalue weighted by molar-refractivity contribution is -0.0646. The molecule has 2 fully saturated rings. The smallest absolute Gasteiger partial charge is 0.387 e. The predicted octanol–water partition coefficient (Wildman–Crippen LogP) is 4.04. The second-order valence-electron chi connectivity index (χ2n) is 5.64. The second-order valence-corrected chi connectivity index (χ2v) is 6.50. The topological polar surface area (TPSA) is 12.5 Å². The molecule has 19 heavy (non-hydrogen) atoms. The van der Waals surface area contributed by atoms with Crippen molar-refractivity contribution in [2.45, 2.75) is 32.4 Å². The van der Waals surface area contributed by atoms with Crippen molar-refractivity contribution in [3.05, 3.63) is 28.2 Å². The van der Waals surface area contributed by atoms with Gasteiger partial charge >= 0.3 is 6.61 Å². The Morgan fingerprint density at radius 1 is 1.32 bits per heavy atom. The lowest BCUT2D eigenvalue weighted by Crippen LogP contribution is -2.58. The quantitative estimate of drug-likeness (QED) is 0.825. The number of rotatable bonds is 4. The number of benzene rings is 1. The van der Waals surface area contributed by atoms with Crippen LogP contribution in [0.15, 0.2) is 22.7 Å². The summed E-state index contributed by atoms with van der Waals surface area (Å²) in [6.07, 6.45) is 4.11. The first-order valence-electron chi connectivity index (χ1n) is 6.52. The van der Waals surface area contributed by atoms with Crippen molar-refractivity contribution in [1.29, 1.82) is 0 Å². The maximum Gasteiger partial charge on any atom is 0.387 e. The van der Waals surface area contributed by atoms with E-state index in [2.05, 4.69) is 25.6 Å². The lowest BCUT2D eigenvalue weighted by atomic mass is 9.63. The molecule has 1 aromatic rings. The number of nitrogens with zero attached hydrogens (tertiary/aromatic N) is 1. The van der Waals surface area contributed by atoms with Gasteiger partial charge in [0.2, 0.25) is 0 Å². The largest absolute Gasteiger partial charge is 0.434 e. The summed E-state index contributed by atoms with van der Waals surface area (Å²) in [5.74, 6) is 0.192. The summed E-state index contributed by atoms with van der Waals surface area (Å²) >= 11 is 3.28. The Hall–Kier alpha value is -0.680. The molecule has 1 aromatic carbocycles. The molecule has 1 heterocycles. The Bertz CT molecular complexity index is 469. The van der Waals surface area contributed by atoms with Crippen LogP contribution in [0.2, 0.25) is 0 Å². The zero-order chi connectivity index (χ0) is 13.5. The summed E-state index contributed by atoms with van der Waals surface area (Å²) in [5.41, 5.74) is 1.75. The second kappa shape index (κ2) is 5.02. The first-order chi connectivity index (χ1) is 9.06. The lowest BCUT2D eigenvalue weighted by Gasteiger charge is -2.56. The zero-order valence-corrected chi connectivity index (χ0v) is 12.1. The van der Waals surface area contributed by atoms with Gasteiger partial charge in [-0.3, -0.25) is 4.90 Å². The van der Waals surface area contributed by atoms with Crippen LogP contribution in [-0.4, -0.2) is 24.6 Å². The molecule has 1 aliphatic heterocycles. The molecule has 1 saturated heterocycles. The van der Waals surface area contributed by atoms with Gasteiger partial charge < -0.3 is 4.74 Å². The van der Waals surface area contributed by atoms with Gasteiger partial charge in [-0.2, -0.15) is 8.78 Å². The van der Waals surface area contributed by atoms with Crippen LogP contribution in [0.4, 0.5) is 8.78 Å². The molecule has 0 unspecified atom stereocenters. The highest BCUT2D eigenvalue weighted by Crippen LogP contribution is 2.48. The molecule has 0 radical (unpaired) electrons. The minimum Gasteiger partial charge on any atom is -0.434 e. The van der Waals surface area contributed by atoms with E-state index < -0.39 is 6.61 Å². The first-order valence-corrected chi connectivity index (χ1v) is 7.31. The van der Waals surface area contributed by atoms with Crippen LogP contribution in [0.5, 0.6) is 5.75 Å².